The van der Waals surface area contributed by atoms with Crippen molar-refractivity contribution in [2.24, 2.45) is 12.5 Å². The molecule has 9 heteroatoms. The molecule has 1 fully saturated rings. The molecule has 3 aromatic heterocycles. The predicted octanol–water partition coefficient (Wildman–Crippen LogP) is 3.77. The number of carbonyl (C=O) groups excluding carboxylic acids is 1. The van der Waals surface area contributed by atoms with E-state index < -0.39 is 0 Å². The maximum Gasteiger partial charge on any atom is 0.327 e. The summed E-state index contributed by atoms with van der Waals surface area (Å²) in [4.78, 5) is 37.1. The molecule has 0 unspecified atom stereocenters. The van der Waals surface area contributed by atoms with Gasteiger partial charge in [0.15, 0.2) is 11.3 Å². The Hall–Kier alpha value is -3.72. The van der Waals surface area contributed by atoms with E-state index in [9.17, 15) is 9.59 Å². The predicted molar refractivity (Wildman–Crippen MR) is 142 cm³/mol. The standard InChI is InChI=1S/C28H34N6O3/c1-18-6-7-19(17-33-9-11-34(12-10-33)26(35)22-8-13-37-31-22)14-21(18)23-15-20(16-28(2,3)4)24-25(29-23)32(5)27(36)30-24/h6-8,13-15H,9-12,16-17H2,1-5H3,(H,30,36). The minimum Gasteiger partial charge on any atom is -0.364 e. The van der Waals surface area contributed by atoms with Crippen LogP contribution in [0.15, 0.2) is 45.9 Å². The van der Waals surface area contributed by atoms with Crippen LogP contribution < -0.4 is 5.69 Å². The van der Waals surface area contributed by atoms with E-state index in [-0.39, 0.29) is 17.0 Å². The molecule has 5 rings (SSSR count). The van der Waals surface area contributed by atoms with Crippen LogP contribution in [-0.2, 0) is 20.0 Å². The average molecular weight is 503 g/mol. The van der Waals surface area contributed by atoms with Crippen LogP contribution in [0.5, 0.6) is 0 Å². The fourth-order valence-corrected chi connectivity index (χ4v) is 4.99. The average Bonchev–Trinajstić information content (AvgIpc) is 3.49. The van der Waals surface area contributed by atoms with Crippen LogP contribution in [0, 0.1) is 12.3 Å². The van der Waals surface area contributed by atoms with E-state index in [1.165, 1.54) is 11.8 Å². The van der Waals surface area contributed by atoms with Gasteiger partial charge in [-0.25, -0.2) is 9.78 Å². The largest absolute Gasteiger partial charge is 0.364 e. The van der Waals surface area contributed by atoms with Crippen molar-refractivity contribution < 1.29 is 9.32 Å². The molecule has 1 N–H and O–H groups in total. The number of benzene rings is 1. The number of fused-ring (bicyclic) bond motifs is 1. The third-order valence-corrected chi connectivity index (χ3v) is 6.96. The zero-order valence-corrected chi connectivity index (χ0v) is 22.2. The van der Waals surface area contributed by atoms with Gasteiger partial charge in [-0.1, -0.05) is 38.1 Å². The fraction of sp³-hybridized carbons (Fsp3) is 0.429. The lowest BCUT2D eigenvalue weighted by Gasteiger charge is -2.34. The first-order chi connectivity index (χ1) is 17.6. The molecule has 0 atom stereocenters. The smallest absolute Gasteiger partial charge is 0.327 e. The van der Waals surface area contributed by atoms with Gasteiger partial charge in [0.25, 0.3) is 5.91 Å². The molecular formula is C28H34N6O3. The number of hydrogen-bond donors (Lipinski definition) is 1. The summed E-state index contributed by atoms with van der Waals surface area (Å²) in [6.07, 6.45) is 2.25. The van der Waals surface area contributed by atoms with Crippen LogP contribution in [-0.4, -0.2) is 61.6 Å². The summed E-state index contributed by atoms with van der Waals surface area (Å²) in [5, 5.41) is 3.77. The van der Waals surface area contributed by atoms with Crippen molar-refractivity contribution in [2.45, 2.75) is 40.7 Å². The van der Waals surface area contributed by atoms with Gasteiger partial charge >= 0.3 is 5.69 Å². The number of carbonyl (C=O) groups is 1. The van der Waals surface area contributed by atoms with Gasteiger partial charge in [0.1, 0.15) is 6.26 Å². The Labute approximate surface area is 216 Å². The molecule has 0 saturated carbocycles. The number of amides is 1. The molecule has 1 aliphatic heterocycles. The van der Waals surface area contributed by atoms with Gasteiger partial charge < -0.3 is 14.4 Å². The van der Waals surface area contributed by atoms with Crippen LogP contribution in [0.4, 0.5) is 0 Å². The molecule has 4 aromatic rings. The topological polar surface area (TPSA) is 100 Å². The van der Waals surface area contributed by atoms with Gasteiger partial charge in [-0.2, -0.15) is 0 Å². The number of imidazole rings is 1. The number of H-pyrrole nitrogens is 1. The number of nitrogens with one attached hydrogen (secondary N) is 1. The second-order valence-electron chi connectivity index (χ2n) is 11.2. The third-order valence-electron chi connectivity index (χ3n) is 6.96. The Balaban J connectivity index is 1.39. The molecule has 1 aromatic carbocycles. The van der Waals surface area contributed by atoms with Crippen molar-refractivity contribution in [1.29, 1.82) is 0 Å². The van der Waals surface area contributed by atoms with Gasteiger partial charge in [0.05, 0.1) is 11.2 Å². The summed E-state index contributed by atoms with van der Waals surface area (Å²) in [5.41, 5.74) is 7.15. The van der Waals surface area contributed by atoms with E-state index in [2.05, 4.69) is 67.0 Å². The third kappa shape index (κ3) is 5.22. The highest BCUT2D eigenvalue weighted by Gasteiger charge is 2.24. The van der Waals surface area contributed by atoms with E-state index in [1.807, 2.05) is 4.90 Å². The summed E-state index contributed by atoms with van der Waals surface area (Å²) in [5.74, 6) is -0.0855. The van der Waals surface area contributed by atoms with Crippen molar-refractivity contribution in [3.8, 4) is 11.3 Å². The molecule has 1 amide bonds. The first-order valence-corrected chi connectivity index (χ1v) is 12.7. The number of nitrogens with zero attached hydrogens (tertiary/aromatic N) is 5. The first kappa shape index (κ1) is 25.0. The molecule has 194 valence electrons. The van der Waals surface area contributed by atoms with Crippen molar-refractivity contribution >= 4 is 17.1 Å². The summed E-state index contributed by atoms with van der Waals surface area (Å²) < 4.78 is 6.40. The van der Waals surface area contributed by atoms with Crippen LogP contribution in [0.25, 0.3) is 22.4 Å². The van der Waals surface area contributed by atoms with E-state index in [1.54, 1.807) is 17.7 Å². The Morgan fingerprint density at radius 2 is 1.86 bits per heavy atom. The lowest BCUT2D eigenvalue weighted by atomic mass is 9.87. The van der Waals surface area contributed by atoms with Crippen molar-refractivity contribution in [2.75, 3.05) is 26.2 Å². The molecule has 0 aliphatic carbocycles. The molecule has 9 nitrogen and oxygen atoms in total. The van der Waals surface area contributed by atoms with E-state index in [0.717, 1.165) is 54.0 Å². The summed E-state index contributed by atoms with van der Waals surface area (Å²) in [6.45, 7) is 12.4. The second-order valence-corrected chi connectivity index (χ2v) is 11.2. The molecule has 0 bridgehead atoms. The number of aromatic nitrogens is 4. The Morgan fingerprint density at radius 3 is 2.54 bits per heavy atom. The molecular weight excluding hydrogens is 468 g/mol. The summed E-state index contributed by atoms with van der Waals surface area (Å²) in [6, 6.07) is 10.2. The number of piperazine rings is 1. The highest BCUT2D eigenvalue weighted by molar-refractivity contribution is 5.92. The maximum atomic E-state index is 12.6. The minimum absolute atomic E-state index is 0.0619. The van der Waals surface area contributed by atoms with E-state index in [0.29, 0.717) is 24.4 Å². The molecule has 1 aliphatic rings. The SMILES string of the molecule is Cc1ccc(CN2CCN(C(=O)c3ccon3)CC2)cc1-c1cc(CC(C)(C)C)c2[nH]c(=O)n(C)c2n1. The quantitative estimate of drug-likeness (QED) is 0.446. The Bertz CT molecular complexity index is 1480. The lowest BCUT2D eigenvalue weighted by molar-refractivity contribution is 0.0618. The van der Waals surface area contributed by atoms with Crippen LogP contribution in [0.2, 0.25) is 0 Å². The highest BCUT2D eigenvalue weighted by Crippen LogP contribution is 2.30. The first-order valence-electron chi connectivity index (χ1n) is 12.7. The van der Waals surface area contributed by atoms with Gasteiger partial charge in [-0.15, -0.1) is 0 Å². The number of rotatable bonds is 5. The van der Waals surface area contributed by atoms with Crippen molar-refractivity contribution in [3.63, 3.8) is 0 Å². The van der Waals surface area contributed by atoms with Gasteiger partial charge in [-0.3, -0.25) is 14.3 Å². The monoisotopic (exact) mass is 502 g/mol. The molecule has 4 heterocycles. The van der Waals surface area contributed by atoms with Crippen LogP contribution >= 0.6 is 0 Å². The Morgan fingerprint density at radius 1 is 1.11 bits per heavy atom. The summed E-state index contributed by atoms with van der Waals surface area (Å²) in [7, 11) is 1.76. The number of hydrogen-bond acceptors (Lipinski definition) is 6. The maximum absolute atomic E-state index is 12.6. The number of aromatic amines is 1. The molecule has 0 spiro atoms. The van der Waals surface area contributed by atoms with E-state index >= 15 is 0 Å². The summed E-state index contributed by atoms with van der Waals surface area (Å²) >= 11 is 0. The van der Waals surface area contributed by atoms with Crippen LogP contribution in [0.1, 0.15) is 48.0 Å². The zero-order valence-electron chi connectivity index (χ0n) is 22.2. The number of aryl methyl sites for hydroxylation is 2. The molecule has 0 radical (unpaired) electrons. The van der Waals surface area contributed by atoms with Gasteiger partial charge in [0.2, 0.25) is 0 Å². The molecule has 37 heavy (non-hydrogen) atoms. The number of pyridine rings is 1. The highest BCUT2D eigenvalue weighted by atomic mass is 16.5. The fourth-order valence-electron chi connectivity index (χ4n) is 4.99. The Kier molecular flexibility index (Phi) is 6.49. The second kappa shape index (κ2) is 9.63. The van der Waals surface area contributed by atoms with Crippen molar-refractivity contribution in [3.05, 3.63) is 69.5 Å². The van der Waals surface area contributed by atoms with Gasteiger partial charge in [-0.05, 0) is 47.6 Å². The van der Waals surface area contributed by atoms with E-state index in [4.69, 9.17) is 9.51 Å². The van der Waals surface area contributed by atoms with Gasteiger partial charge in [0, 0.05) is 51.4 Å². The lowest BCUT2D eigenvalue weighted by Crippen LogP contribution is -2.48. The normalized spacial score (nSPS) is 15.0. The molecule has 1 saturated heterocycles. The van der Waals surface area contributed by atoms with Crippen molar-refractivity contribution in [1.82, 2.24) is 29.5 Å². The zero-order chi connectivity index (χ0) is 26.3. The minimum atomic E-state index is -0.151. The van der Waals surface area contributed by atoms with Crippen LogP contribution in [0.3, 0.4) is 0 Å².